The van der Waals surface area contributed by atoms with E-state index in [2.05, 4.69) is 20.7 Å². The monoisotopic (exact) mass is 379 g/mol. The highest BCUT2D eigenvalue weighted by Crippen LogP contribution is 2.25. The first kappa shape index (κ1) is 15.8. The van der Waals surface area contributed by atoms with E-state index in [9.17, 15) is 21.6 Å². The molecule has 0 bridgehead atoms. The summed E-state index contributed by atoms with van der Waals surface area (Å²) < 4.78 is 66.6. The van der Waals surface area contributed by atoms with Gasteiger partial charge in [0.2, 0.25) is 0 Å². The van der Waals surface area contributed by atoms with E-state index in [0.717, 1.165) is 4.47 Å². The molecule has 21 heavy (non-hydrogen) atoms. The minimum Gasteiger partial charge on any atom is -0.279 e. The third kappa shape index (κ3) is 3.21. The molecule has 0 aliphatic rings. The Morgan fingerprint density at radius 1 is 1.05 bits per heavy atom. The van der Waals surface area contributed by atoms with Gasteiger partial charge in [-0.25, -0.2) is 21.6 Å². The molecule has 2 aromatic rings. The molecule has 8 heteroatoms. The lowest BCUT2D eigenvalue weighted by Gasteiger charge is -2.11. The molecule has 0 saturated heterocycles. The average Bonchev–Trinajstić information content (AvgIpc) is 2.39. The van der Waals surface area contributed by atoms with Gasteiger partial charge in [-0.15, -0.1) is 0 Å². The van der Waals surface area contributed by atoms with Crippen molar-refractivity contribution in [1.82, 2.24) is 0 Å². The molecule has 112 valence electrons. The van der Waals surface area contributed by atoms with E-state index in [1.807, 2.05) is 0 Å². The van der Waals surface area contributed by atoms with Gasteiger partial charge in [-0.1, -0.05) is 15.9 Å². The first-order valence-corrected chi connectivity index (χ1v) is 7.92. The van der Waals surface area contributed by atoms with Gasteiger partial charge >= 0.3 is 0 Å². The minimum atomic E-state index is -4.37. The van der Waals surface area contributed by atoms with Crippen LogP contribution in [-0.2, 0) is 10.0 Å². The maximum absolute atomic E-state index is 13.6. The van der Waals surface area contributed by atoms with Crippen LogP contribution >= 0.6 is 15.9 Å². The minimum absolute atomic E-state index is 0.210. The van der Waals surface area contributed by atoms with Crippen LogP contribution in [0.3, 0.4) is 0 Å². The molecule has 0 fully saturated rings. The molecule has 0 aliphatic carbocycles. The van der Waals surface area contributed by atoms with Crippen molar-refractivity contribution in [3.63, 3.8) is 0 Å². The van der Waals surface area contributed by atoms with Gasteiger partial charge in [0.25, 0.3) is 10.0 Å². The number of hydrogen-bond donors (Lipinski definition) is 1. The summed E-state index contributed by atoms with van der Waals surface area (Å²) in [5.74, 6) is -5.03. The predicted octanol–water partition coefficient (Wildman–Crippen LogP) is 3.98. The Balaban J connectivity index is 2.46. The molecule has 2 rings (SSSR count). The molecule has 0 atom stereocenters. The highest BCUT2D eigenvalue weighted by atomic mass is 79.9. The Morgan fingerprint density at radius 2 is 1.71 bits per heavy atom. The van der Waals surface area contributed by atoms with Crippen molar-refractivity contribution in [2.45, 2.75) is 11.8 Å². The van der Waals surface area contributed by atoms with Crippen molar-refractivity contribution >= 4 is 31.6 Å². The van der Waals surface area contributed by atoms with Crippen molar-refractivity contribution in [3.8, 4) is 0 Å². The van der Waals surface area contributed by atoms with Gasteiger partial charge in [-0.3, -0.25) is 4.72 Å². The van der Waals surface area contributed by atoms with Crippen LogP contribution in [0.25, 0.3) is 0 Å². The summed E-state index contributed by atoms with van der Waals surface area (Å²) in [5.41, 5.74) is 0.790. The number of nitrogens with one attached hydrogen (secondary N) is 1. The lowest BCUT2D eigenvalue weighted by atomic mass is 10.2. The first-order chi connectivity index (χ1) is 9.72. The van der Waals surface area contributed by atoms with E-state index in [0.29, 0.717) is 17.7 Å². The zero-order chi connectivity index (χ0) is 15.8. The van der Waals surface area contributed by atoms with Crippen molar-refractivity contribution in [2.24, 2.45) is 0 Å². The summed E-state index contributed by atoms with van der Waals surface area (Å²) in [6.07, 6.45) is 0. The highest BCUT2D eigenvalue weighted by Gasteiger charge is 2.24. The smallest absolute Gasteiger partial charge is 0.264 e. The van der Waals surface area contributed by atoms with Crippen LogP contribution in [0.4, 0.5) is 18.9 Å². The normalized spacial score (nSPS) is 11.5. The topological polar surface area (TPSA) is 46.2 Å². The number of anilines is 1. The molecule has 0 spiro atoms. The molecule has 0 saturated carbocycles. The largest absolute Gasteiger partial charge is 0.279 e. The van der Waals surface area contributed by atoms with Gasteiger partial charge in [-0.05, 0) is 42.8 Å². The summed E-state index contributed by atoms with van der Waals surface area (Å²) in [7, 11) is -4.37. The predicted molar refractivity (Wildman–Crippen MR) is 76.0 cm³/mol. The van der Waals surface area contributed by atoms with Crippen LogP contribution in [0.15, 0.2) is 39.7 Å². The number of rotatable bonds is 3. The van der Waals surface area contributed by atoms with Gasteiger partial charge in [0, 0.05) is 4.47 Å². The Kier molecular flexibility index (Phi) is 4.29. The van der Waals surface area contributed by atoms with E-state index in [1.165, 1.54) is 6.07 Å². The zero-order valence-corrected chi connectivity index (χ0v) is 13.0. The second-order valence-electron chi connectivity index (χ2n) is 4.24. The summed E-state index contributed by atoms with van der Waals surface area (Å²) >= 11 is 3.22. The van der Waals surface area contributed by atoms with Crippen LogP contribution in [0.5, 0.6) is 0 Å². The van der Waals surface area contributed by atoms with Gasteiger partial charge in [0.1, 0.15) is 4.90 Å². The van der Waals surface area contributed by atoms with Crippen LogP contribution in [0.1, 0.15) is 5.56 Å². The standard InChI is InChI=1S/C13H9BrF3NO2S/c1-7-6-8(14)2-4-10(7)18-21(19,20)11-5-3-9(15)12(16)13(11)17/h2-6,18H,1H3. The van der Waals surface area contributed by atoms with Crippen LogP contribution in [-0.4, -0.2) is 8.42 Å². The third-order valence-electron chi connectivity index (χ3n) is 2.72. The summed E-state index contributed by atoms with van der Waals surface area (Å²) in [6, 6.07) is 5.94. The van der Waals surface area contributed by atoms with Gasteiger partial charge in [0.15, 0.2) is 17.5 Å². The van der Waals surface area contributed by atoms with Crippen molar-refractivity contribution in [1.29, 1.82) is 0 Å². The van der Waals surface area contributed by atoms with E-state index >= 15 is 0 Å². The molecular weight excluding hydrogens is 371 g/mol. The van der Waals surface area contributed by atoms with Gasteiger partial charge < -0.3 is 0 Å². The van der Waals surface area contributed by atoms with Gasteiger partial charge in [-0.2, -0.15) is 0 Å². The Hall–Kier alpha value is -1.54. The SMILES string of the molecule is Cc1cc(Br)ccc1NS(=O)(=O)c1ccc(F)c(F)c1F. The highest BCUT2D eigenvalue weighted by molar-refractivity contribution is 9.10. The zero-order valence-electron chi connectivity index (χ0n) is 10.6. The molecule has 0 aliphatic heterocycles. The lowest BCUT2D eigenvalue weighted by Crippen LogP contribution is -2.16. The molecule has 2 aromatic carbocycles. The van der Waals surface area contributed by atoms with E-state index in [-0.39, 0.29) is 5.69 Å². The third-order valence-corrected chi connectivity index (χ3v) is 4.60. The van der Waals surface area contributed by atoms with Crippen LogP contribution < -0.4 is 4.72 Å². The Bertz CT molecular complexity index is 809. The maximum atomic E-state index is 13.6. The quantitative estimate of drug-likeness (QED) is 0.819. The summed E-state index contributed by atoms with van der Waals surface area (Å²) in [4.78, 5) is -0.955. The molecule has 0 heterocycles. The fourth-order valence-corrected chi connectivity index (χ4v) is 3.33. The molecule has 1 N–H and O–H groups in total. The van der Waals surface area contributed by atoms with Gasteiger partial charge in [0.05, 0.1) is 5.69 Å². The van der Waals surface area contributed by atoms with Crippen molar-refractivity contribution in [3.05, 3.63) is 57.8 Å². The molecule has 0 radical (unpaired) electrons. The van der Waals surface area contributed by atoms with Crippen LogP contribution in [0, 0.1) is 24.4 Å². The van der Waals surface area contributed by atoms with E-state index < -0.39 is 32.4 Å². The number of hydrogen-bond acceptors (Lipinski definition) is 2. The number of halogens is 4. The van der Waals surface area contributed by atoms with Crippen LogP contribution in [0.2, 0.25) is 0 Å². The molecule has 0 aromatic heterocycles. The second kappa shape index (κ2) is 5.69. The molecule has 0 amide bonds. The molecular formula is C13H9BrF3NO2S. The fourth-order valence-electron chi connectivity index (χ4n) is 1.66. The molecule has 3 nitrogen and oxygen atoms in total. The summed E-state index contributed by atoms with van der Waals surface area (Å²) in [5, 5.41) is 0. The number of sulfonamides is 1. The second-order valence-corrected chi connectivity index (χ2v) is 6.80. The Labute approximate surface area is 128 Å². The van der Waals surface area contributed by atoms with Crippen molar-refractivity contribution in [2.75, 3.05) is 4.72 Å². The van der Waals surface area contributed by atoms with E-state index in [4.69, 9.17) is 0 Å². The average molecular weight is 380 g/mol. The van der Waals surface area contributed by atoms with Crippen molar-refractivity contribution < 1.29 is 21.6 Å². The number of benzene rings is 2. The number of aryl methyl sites for hydroxylation is 1. The fraction of sp³-hybridized carbons (Fsp3) is 0.0769. The molecule has 0 unspecified atom stereocenters. The maximum Gasteiger partial charge on any atom is 0.264 e. The lowest BCUT2D eigenvalue weighted by molar-refractivity contribution is 0.432. The first-order valence-electron chi connectivity index (χ1n) is 5.65. The Morgan fingerprint density at radius 3 is 2.33 bits per heavy atom. The van der Waals surface area contributed by atoms with E-state index in [1.54, 1.807) is 19.1 Å². The summed E-state index contributed by atoms with van der Waals surface area (Å²) in [6.45, 7) is 1.64.